The minimum atomic E-state index is -0.140. The molecule has 0 bridgehead atoms. The maximum Gasteiger partial charge on any atom is 0.310 e. The van der Waals surface area contributed by atoms with Crippen molar-refractivity contribution in [2.45, 2.75) is 58.1 Å². The molecule has 0 amide bonds. The van der Waals surface area contributed by atoms with Gasteiger partial charge in [0.15, 0.2) is 0 Å². The van der Waals surface area contributed by atoms with E-state index in [4.69, 9.17) is 9.47 Å². The molecule has 206 valence electrons. The summed E-state index contributed by atoms with van der Waals surface area (Å²) in [7, 11) is 6.39. The van der Waals surface area contributed by atoms with E-state index >= 15 is 0 Å². The number of unbranched alkanes of at least 4 members (excludes halogenated alkanes) is 5. The van der Waals surface area contributed by atoms with Crippen LogP contribution in [0.2, 0.25) is 0 Å². The first-order chi connectivity index (χ1) is 18.9. The van der Waals surface area contributed by atoms with Crippen molar-refractivity contribution in [3.63, 3.8) is 0 Å². The van der Waals surface area contributed by atoms with Crippen LogP contribution in [0.1, 0.15) is 49.7 Å². The van der Waals surface area contributed by atoms with Gasteiger partial charge in [0, 0.05) is 18.1 Å². The minimum absolute atomic E-state index is 0.140. The Morgan fingerprint density at radius 2 is 1.46 bits per heavy atom. The number of rotatable bonds is 15. The molecule has 3 aromatic carbocycles. The summed E-state index contributed by atoms with van der Waals surface area (Å²) in [4.78, 5) is 12.2. The standard InChI is InChI=1S/C34H43N2O3/c1-36(2,3)31-20-18-28(19-21-31)26-33(37)38-25-12-7-5-4-6-11-23-35-24-22-30-16-13-17-32(34(30)35)39-27-29-14-9-8-10-15-29/h8-10,13-22,24H,4-7,11-12,23,25-27H2,1-3H3/q+1. The van der Waals surface area contributed by atoms with E-state index in [1.165, 1.54) is 41.4 Å². The number of nitrogens with zero attached hydrogens (tertiary/aromatic N) is 2. The first-order valence-corrected chi connectivity index (χ1v) is 14.2. The van der Waals surface area contributed by atoms with Gasteiger partial charge in [0.25, 0.3) is 0 Å². The fourth-order valence-corrected chi connectivity index (χ4v) is 4.82. The molecule has 0 radical (unpaired) electrons. The fraction of sp³-hybridized carbons (Fsp3) is 0.382. The summed E-state index contributed by atoms with van der Waals surface area (Å²) in [6.45, 7) is 2.07. The monoisotopic (exact) mass is 527 g/mol. The lowest BCUT2D eigenvalue weighted by Crippen LogP contribution is -2.34. The smallest absolute Gasteiger partial charge is 0.310 e. The summed E-state index contributed by atoms with van der Waals surface area (Å²) in [6, 6.07) is 27.0. The maximum absolute atomic E-state index is 12.2. The summed E-state index contributed by atoms with van der Waals surface area (Å²) in [5, 5.41) is 1.22. The Morgan fingerprint density at radius 1 is 0.744 bits per heavy atom. The molecule has 39 heavy (non-hydrogen) atoms. The molecule has 5 nitrogen and oxygen atoms in total. The number of fused-ring (bicyclic) bond motifs is 1. The van der Waals surface area contributed by atoms with Crippen molar-refractivity contribution < 1.29 is 14.3 Å². The van der Waals surface area contributed by atoms with Crippen LogP contribution in [-0.2, 0) is 29.1 Å². The van der Waals surface area contributed by atoms with Crippen LogP contribution in [-0.4, -0.2) is 38.3 Å². The number of hydrogen-bond donors (Lipinski definition) is 0. The lowest BCUT2D eigenvalue weighted by Gasteiger charge is -2.23. The van der Waals surface area contributed by atoms with Crippen LogP contribution in [0.15, 0.2) is 85.1 Å². The van der Waals surface area contributed by atoms with Gasteiger partial charge in [-0.1, -0.05) is 80.3 Å². The van der Waals surface area contributed by atoms with E-state index in [1.54, 1.807) is 0 Å². The van der Waals surface area contributed by atoms with Gasteiger partial charge in [0.2, 0.25) is 0 Å². The van der Waals surface area contributed by atoms with Crippen LogP contribution in [0, 0.1) is 0 Å². The molecule has 0 saturated heterocycles. The van der Waals surface area contributed by atoms with Crippen molar-refractivity contribution in [1.29, 1.82) is 0 Å². The Kier molecular flexibility index (Phi) is 10.2. The highest BCUT2D eigenvalue weighted by Gasteiger charge is 2.12. The number of hydrogen-bond acceptors (Lipinski definition) is 3. The average Bonchev–Trinajstić information content (AvgIpc) is 3.35. The molecule has 0 unspecified atom stereocenters. The van der Waals surface area contributed by atoms with E-state index in [9.17, 15) is 4.79 Å². The molecule has 1 aromatic heterocycles. The molecule has 0 saturated carbocycles. The van der Waals surface area contributed by atoms with Crippen molar-refractivity contribution in [3.05, 3.63) is 96.2 Å². The van der Waals surface area contributed by atoms with Crippen LogP contribution in [0.25, 0.3) is 10.9 Å². The van der Waals surface area contributed by atoms with Crippen LogP contribution in [0.4, 0.5) is 5.69 Å². The highest BCUT2D eigenvalue weighted by atomic mass is 16.5. The highest BCUT2D eigenvalue weighted by Crippen LogP contribution is 2.28. The van der Waals surface area contributed by atoms with Crippen LogP contribution in [0.5, 0.6) is 5.75 Å². The van der Waals surface area contributed by atoms with E-state index in [0.717, 1.165) is 41.6 Å². The van der Waals surface area contributed by atoms with Gasteiger partial charge in [-0.15, -0.1) is 0 Å². The number of aryl methyl sites for hydroxylation is 1. The third-order valence-electron chi connectivity index (χ3n) is 7.10. The normalized spacial score (nSPS) is 11.6. The Bertz CT molecular complexity index is 1300. The third-order valence-corrected chi connectivity index (χ3v) is 7.10. The van der Waals surface area contributed by atoms with Gasteiger partial charge in [0.1, 0.15) is 18.0 Å². The van der Waals surface area contributed by atoms with Gasteiger partial charge >= 0.3 is 5.97 Å². The topological polar surface area (TPSA) is 40.5 Å². The molecule has 1 heterocycles. The lowest BCUT2D eigenvalue weighted by molar-refractivity contribution is -0.142. The van der Waals surface area contributed by atoms with E-state index < -0.39 is 0 Å². The number of carbonyl (C=O) groups is 1. The molecule has 4 rings (SSSR count). The predicted octanol–water partition coefficient (Wildman–Crippen LogP) is 7.54. The SMILES string of the molecule is C[N+](C)(C)c1ccc(CC(=O)OCCCCCCCCn2ccc3cccc(OCc4ccccc4)c32)cc1. The molecular weight excluding hydrogens is 484 g/mol. The van der Waals surface area contributed by atoms with Gasteiger partial charge < -0.3 is 14.0 Å². The molecule has 0 aliphatic rings. The van der Waals surface area contributed by atoms with E-state index in [2.05, 4.69) is 80.4 Å². The number of carbonyl (C=O) groups excluding carboxylic acids is 1. The number of para-hydroxylation sites is 1. The van der Waals surface area contributed by atoms with Crippen molar-refractivity contribution in [2.75, 3.05) is 27.7 Å². The van der Waals surface area contributed by atoms with Crippen molar-refractivity contribution in [2.24, 2.45) is 0 Å². The maximum atomic E-state index is 12.2. The summed E-state index contributed by atoms with van der Waals surface area (Å²) in [6.07, 6.45) is 9.22. The first kappa shape index (κ1) is 28.4. The Labute approximate surface area is 233 Å². The lowest BCUT2D eigenvalue weighted by atomic mass is 10.1. The Balaban J connectivity index is 1.10. The second kappa shape index (κ2) is 14.0. The predicted molar refractivity (Wildman–Crippen MR) is 161 cm³/mol. The van der Waals surface area contributed by atoms with Crippen molar-refractivity contribution in [1.82, 2.24) is 9.05 Å². The number of aromatic nitrogens is 1. The number of benzene rings is 3. The van der Waals surface area contributed by atoms with Gasteiger partial charge in [-0.25, -0.2) is 0 Å². The van der Waals surface area contributed by atoms with E-state index in [-0.39, 0.29) is 5.97 Å². The number of quaternary nitrogens is 1. The molecule has 0 aliphatic carbocycles. The summed E-state index contributed by atoms with van der Waals surface area (Å²) in [5.74, 6) is 0.802. The number of ether oxygens (including phenoxy) is 2. The van der Waals surface area contributed by atoms with Gasteiger partial charge in [0.05, 0.1) is 39.7 Å². The molecule has 0 aliphatic heterocycles. The first-order valence-electron chi connectivity index (χ1n) is 14.2. The molecule has 5 heteroatoms. The average molecular weight is 528 g/mol. The van der Waals surface area contributed by atoms with Crippen molar-refractivity contribution in [3.8, 4) is 5.75 Å². The quantitative estimate of drug-likeness (QED) is 0.0911. The van der Waals surface area contributed by atoms with Gasteiger partial charge in [-0.05, 0) is 48.2 Å². The largest absolute Gasteiger partial charge is 0.487 e. The third kappa shape index (κ3) is 8.72. The summed E-state index contributed by atoms with van der Waals surface area (Å²) >= 11 is 0. The summed E-state index contributed by atoms with van der Waals surface area (Å²) < 4.78 is 14.7. The second-order valence-corrected chi connectivity index (χ2v) is 11.2. The minimum Gasteiger partial charge on any atom is -0.487 e. The van der Waals surface area contributed by atoms with Gasteiger partial charge in [-0.3, -0.25) is 9.28 Å². The Morgan fingerprint density at radius 3 is 2.21 bits per heavy atom. The van der Waals surface area contributed by atoms with E-state index in [0.29, 0.717) is 19.6 Å². The zero-order valence-corrected chi connectivity index (χ0v) is 23.8. The molecule has 0 N–H and O–H groups in total. The fourth-order valence-electron chi connectivity index (χ4n) is 4.82. The van der Waals surface area contributed by atoms with Crippen molar-refractivity contribution >= 4 is 22.6 Å². The zero-order chi connectivity index (χ0) is 27.5. The van der Waals surface area contributed by atoms with Crippen LogP contribution < -0.4 is 9.22 Å². The van der Waals surface area contributed by atoms with Crippen LogP contribution >= 0.6 is 0 Å². The molecule has 4 aromatic rings. The number of esters is 1. The Hall–Kier alpha value is -3.57. The molecule has 0 fully saturated rings. The molecule has 0 atom stereocenters. The van der Waals surface area contributed by atoms with E-state index in [1.807, 2.05) is 30.3 Å². The highest BCUT2D eigenvalue weighted by molar-refractivity contribution is 5.86. The summed E-state index contributed by atoms with van der Waals surface area (Å²) in [5.41, 5.74) is 4.57. The zero-order valence-electron chi connectivity index (χ0n) is 23.8. The van der Waals surface area contributed by atoms with Crippen LogP contribution in [0.3, 0.4) is 0 Å². The molecular formula is C34H43N2O3+. The second-order valence-electron chi connectivity index (χ2n) is 11.2. The van der Waals surface area contributed by atoms with Gasteiger partial charge in [-0.2, -0.15) is 0 Å². The molecule has 0 spiro atoms.